The molecular formula is C14H28N2O. The second-order valence-corrected chi connectivity index (χ2v) is 6.11. The molecule has 0 radical (unpaired) electrons. The van der Waals surface area contributed by atoms with Crippen molar-refractivity contribution in [2.75, 3.05) is 26.2 Å². The molecule has 0 spiro atoms. The summed E-state index contributed by atoms with van der Waals surface area (Å²) >= 11 is 0. The Kier molecular flexibility index (Phi) is 4.83. The van der Waals surface area contributed by atoms with Crippen LogP contribution in [0.25, 0.3) is 0 Å². The largest absolute Gasteiger partial charge is 0.389 e. The van der Waals surface area contributed by atoms with Crippen molar-refractivity contribution in [3.8, 4) is 0 Å². The summed E-state index contributed by atoms with van der Waals surface area (Å²) in [4.78, 5) is 2.48. The maximum atomic E-state index is 10.6. The van der Waals surface area contributed by atoms with Gasteiger partial charge in [-0.2, -0.15) is 0 Å². The standard InChI is InChI=1S/C14H28N2O/c15-9-6-13-5-4-10-16(11-13)12-14(17)7-2-1-3-8-14/h13,17H,1-12,15H2. The highest BCUT2D eigenvalue weighted by Gasteiger charge is 2.32. The molecule has 0 aromatic rings. The van der Waals surface area contributed by atoms with Gasteiger partial charge in [0, 0.05) is 13.1 Å². The minimum absolute atomic E-state index is 0.386. The molecule has 0 bridgehead atoms. The van der Waals surface area contributed by atoms with Crippen LogP contribution < -0.4 is 5.73 Å². The zero-order valence-electron chi connectivity index (χ0n) is 11.0. The Balaban J connectivity index is 1.81. The summed E-state index contributed by atoms with van der Waals surface area (Å²) in [5.74, 6) is 0.765. The number of β-amino-alcohol motifs (C(OH)–C–C–N with tert-alkyl or cyclic N) is 1. The van der Waals surface area contributed by atoms with Gasteiger partial charge in [-0.05, 0) is 51.1 Å². The van der Waals surface area contributed by atoms with E-state index in [4.69, 9.17) is 5.73 Å². The molecule has 1 atom stereocenters. The van der Waals surface area contributed by atoms with Crippen molar-refractivity contribution < 1.29 is 5.11 Å². The molecule has 2 fully saturated rings. The highest BCUT2D eigenvalue weighted by Crippen LogP contribution is 2.30. The molecule has 1 aliphatic carbocycles. The number of likely N-dealkylation sites (tertiary alicyclic amines) is 1. The van der Waals surface area contributed by atoms with E-state index in [-0.39, 0.29) is 5.60 Å². The van der Waals surface area contributed by atoms with E-state index in [9.17, 15) is 5.11 Å². The SMILES string of the molecule is NCCC1CCCN(CC2(O)CCCCC2)C1. The lowest BCUT2D eigenvalue weighted by Gasteiger charge is -2.40. The van der Waals surface area contributed by atoms with Crippen LogP contribution in [0.1, 0.15) is 51.4 Å². The van der Waals surface area contributed by atoms with Crippen molar-refractivity contribution in [2.45, 2.75) is 57.0 Å². The molecule has 100 valence electrons. The van der Waals surface area contributed by atoms with Gasteiger partial charge < -0.3 is 15.7 Å². The van der Waals surface area contributed by atoms with E-state index in [1.165, 1.54) is 38.6 Å². The lowest BCUT2D eigenvalue weighted by Crippen LogP contribution is -2.48. The fraction of sp³-hybridized carbons (Fsp3) is 1.00. The normalized spacial score (nSPS) is 30.4. The third-order valence-electron chi connectivity index (χ3n) is 4.48. The van der Waals surface area contributed by atoms with Gasteiger partial charge in [0.25, 0.3) is 0 Å². The van der Waals surface area contributed by atoms with Gasteiger partial charge in [0.2, 0.25) is 0 Å². The highest BCUT2D eigenvalue weighted by molar-refractivity contribution is 4.87. The molecule has 17 heavy (non-hydrogen) atoms. The summed E-state index contributed by atoms with van der Waals surface area (Å²) in [5, 5.41) is 10.6. The van der Waals surface area contributed by atoms with Gasteiger partial charge in [-0.1, -0.05) is 19.3 Å². The van der Waals surface area contributed by atoms with Gasteiger partial charge in [-0.15, -0.1) is 0 Å². The van der Waals surface area contributed by atoms with Crippen LogP contribution in [0.5, 0.6) is 0 Å². The maximum Gasteiger partial charge on any atom is 0.0774 e. The van der Waals surface area contributed by atoms with Gasteiger partial charge in [-0.25, -0.2) is 0 Å². The summed E-state index contributed by atoms with van der Waals surface area (Å²) in [6.07, 6.45) is 9.48. The topological polar surface area (TPSA) is 49.5 Å². The predicted molar refractivity (Wildman–Crippen MR) is 70.9 cm³/mol. The summed E-state index contributed by atoms with van der Waals surface area (Å²) < 4.78 is 0. The van der Waals surface area contributed by atoms with Gasteiger partial charge in [-0.3, -0.25) is 0 Å². The smallest absolute Gasteiger partial charge is 0.0774 e. The first-order valence-corrected chi connectivity index (χ1v) is 7.37. The molecule has 1 heterocycles. The Morgan fingerprint density at radius 1 is 1.18 bits per heavy atom. The first kappa shape index (κ1) is 13.3. The van der Waals surface area contributed by atoms with Crippen LogP contribution >= 0.6 is 0 Å². The predicted octanol–water partition coefficient (Wildman–Crippen LogP) is 1.74. The van der Waals surface area contributed by atoms with E-state index >= 15 is 0 Å². The monoisotopic (exact) mass is 240 g/mol. The summed E-state index contributed by atoms with van der Waals surface area (Å²) in [5.41, 5.74) is 5.26. The molecular weight excluding hydrogens is 212 g/mol. The Morgan fingerprint density at radius 3 is 2.65 bits per heavy atom. The van der Waals surface area contributed by atoms with E-state index in [0.717, 1.165) is 44.8 Å². The van der Waals surface area contributed by atoms with E-state index in [0.29, 0.717) is 0 Å². The lowest BCUT2D eigenvalue weighted by atomic mass is 9.83. The molecule has 2 rings (SSSR count). The van der Waals surface area contributed by atoms with Crippen LogP contribution in [0.15, 0.2) is 0 Å². The van der Waals surface area contributed by atoms with Crippen molar-refractivity contribution in [1.82, 2.24) is 4.90 Å². The molecule has 3 nitrogen and oxygen atoms in total. The van der Waals surface area contributed by atoms with Crippen molar-refractivity contribution in [1.29, 1.82) is 0 Å². The van der Waals surface area contributed by atoms with Gasteiger partial charge in [0.1, 0.15) is 0 Å². The third-order valence-corrected chi connectivity index (χ3v) is 4.48. The second kappa shape index (κ2) is 6.17. The van der Waals surface area contributed by atoms with Gasteiger partial charge >= 0.3 is 0 Å². The number of piperidine rings is 1. The quantitative estimate of drug-likeness (QED) is 0.787. The molecule has 1 saturated carbocycles. The molecule has 2 aliphatic rings. The molecule has 0 aromatic heterocycles. The lowest BCUT2D eigenvalue weighted by molar-refractivity contribution is -0.0346. The van der Waals surface area contributed by atoms with E-state index in [2.05, 4.69) is 4.90 Å². The minimum atomic E-state index is -0.386. The fourth-order valence-electron chi connectivity index (χ4n) is 3.55. The molecule has 3 N–H and O–H groups in total. The average Bonchev–Trinajstić information content (AvgIpc) is 2.30. The molecule has 0 aromatic carbocycles. The Labute approximate surface area is 105 Å². The third kappa shape index (κ3) is 3.94. The molecule has 0 amide bonds. The van der Waals surface area contributed by atoms with Crippen LogP contribution in [0, 0.1) is 5.92 Å². The number of hydrogen-bond acceptors (Lipinski definition) is 3. The van der Waals surface area contributed by atoms with Crippen LogP contribution in [0.2, 0.25) is 0 Å². The summed E-state index contributed by atoms with van der Waals surface area (Å²) in [7, 11) is 0. The van der Waals surface area contributed by atoms with Crippen LogP contribution in [-0.2, 0) is 0 Å². The Bertz CT molecular complexity index is 224. The molecule has 1 saturated heterocycles. The van der Waals surface area contributed by atoms with Crippen LogP contribution in [0.3, 0.4) is 0 Å². The van der Waals surface area contributed by atoms with Gasteiger partial charge in [0.05, 0.1) is 5.60 Å². The maximum absolute atomic E-state index is 10.6. The number of nitrogens with two attached hydrogens (primary N) is 1. The average molecular weight is 240 g/mol. The van der Waals surface area contributed by atoms with Crippen LogP contribution in [-0.4, -0.2) is 41.8 Å². The van der Waals surface area contributed by atoms with Crippen molar-refractivity contribution in [3.63, 3.8) is 0 Å². The summed E-state index contributed by atoms with van der Waals surface area (Å²) in [6, 6.07) is 0. The molecule has 1 unspecified atom stereocenters. The number of nitrogens with zero attached hydrogens (tertiary/aromatic N) is 1. The zero-order chi connectivity index (χ0) is 12.1. The Morgan fingerprint density at radius 2 is 1.94 bits per heavy atom. The van der Waals surface area contributed by atoms with E-state index in [1.807, 2.05) is 0 Å². The summed E-state index contributed by atoms with van der Waals surface area (Å²) in [6.45, 7) is 4.03. The fourth-order valence-corrected chi connectivity index (χ4v) is 3.55. The Hall–Kier alpha value is -0.120. The van der Waals surface area contributed by atoms with Crippen molar-refractivity contribution in [3.05, 3.63) is 0 Å². The molecule has 1 aliphatic heterocycles. The second-order valence-electron chi connectivity index (χ2n) is 6.11. The highest BCUT2D eigenvalue weighted by atomic mass is 16.3. The van der Waals surface area contributed by atoms with E-state index < -0.39 is 0 Å². The first-order valence-electron chi connectivity index (χ1n) is 7.37. The van der Waals surface area contributed by atoms with E-state index in [1.54, 1.807) is 0 Å². The number of aliphatic hydroxyl groups is 1. The number of rotatable bonds is 4. The zero-order valence-corrected chi connectivity index (χ0v) is 11.0. The number of hydrogen-bond donors (Lipinski definition) is 2. The molecule has 3 heteroatoms. The minimum Gasteiger partial charge on any atom is -0.389 e. The van der Waals surface area contributed by atoms with Gasteiger partial charge in [0.15, 0.2) is 0 Å². The first-order chi connectivity index (χ1) is 8.22. The van der Waals surface area contributed by atoms with Crippen molar-refractivity contribution in [2.24, 2.45) is 11.7 Å². The van der Waals surface area contributed by atoms with Crippen molar-refractivity contribution >= 4 is 0 Å². The van der Waals surface area contributed by atoms with Crippen LogP contribution in [0.4, 0.5) is 0 Å².